The van der Waals surface area contributed by atoms with Gasteiger partial charge < -0.3 is 5.32 Å². The molecule has 0 radical (unpaired) electrons. The van der Waals surface area contributed by atoms with Crippen LogP contribution in [0.15, 0.2) is 12.1 Å². The molecule has 0 bridgehead atoms. The zero-order valence-corrected chi connectivity index (χ0v) is 13.8. The summed E-state index contributed by atoms with van der Waals surface area (Å²) in [6.07, 6.45) is 0.927. The predicted octanol–water partition coefficient (Wildman–Crippen LogP) is 4.98. The van der Waals surface area contributed by atoms with Crippen molar-refractivity contribution in [3.8, 4) is 11.1 Å². The number of rotatable bonds is 5. The quantitative estimate of drug-likeness (QED) is 0.778. The van der Waals surface area contributed by atoms with Crippen molar-refractivity contribution >= 4 is 17.3 Å². The Morgan fingerprint density at radius 3 is 2.43 bits per heavy atom. The normalized spacial score (nSPS) is 12.3. The third-order valence-electron chi connectivity index (χ3n) is 3.72. The molecule has 1 atom stereocenters. The second-order valence-electron chi connectivity index (χ2n) is 5.44. The highest BCUT2D eigenvalue weighted by atomic mass is 35.5. The number of aromatic nitrogens is 2. The number of hydrogen-bond donors (Lipinski definition) is 1. The third-order valence-corrected chi connectivity index (χ3v) is 3.99. The third kappa shape index (κ3) is 3.58. The maximum Gasteiger partial charge on any atom is 0.169 e. The molecule has 1 heterocycles. The minimum atomic E-state index is -1.30. The summed E-state index contributed by atoms with van der Waals surface area (Å²) >= 11 is 6.01. The average molecular weight is 344 g/mol. The fraction of sp³-hybridized carbons (Fsp3) is 0.375. The molecule has 3 nitrogen and oxygen atoms in total. The molecule has 0 saturated heterocycles. The van der Waals surface area contributed by atoms with Crippen molar-refractivity contribution in [2.75, 3.05) is 11.9 Å². The van der Waals surface area contributed by atoms with E-state index in [4.69, 9.17) is 11.6 Å². The van der Waals surface area contributed by atoms with Crippen molar-refractivity contribution in [2.24, 2.45) is 5.92 Å². The maximum absolute atomic E-state index is 14.2. The minimum absolute atomic E-state index is 0.0167. The van der Waals surface area contributed by atoms with Gasteiger partial charge in [0.2, 0.25) is 0 Å². The summed E-state index contributed by atoms with van der Waals surface area (Å²) in [5.74, 6) is -3.04. The van der Waals surface area contributed by atoms with Crippen LogP contribution in [0.2, 0.25) is 5.15 Å². The molecule has 0 fully saturated rings. The molecule has 1 unspecified atom stereocenters. The lowest BCUT2D eigenvalue weighted by Crippen LogP contribution is -2.14. The SMILES string of the molecule is CCC(C)CNc1c(C)nnc(Cl)c1-c1c(F)ccc(F)c1F. The fourth-order valence-corrected chi connectivity index (χ4v) is 2.35. The Morgan fingerprint density at radius 2 is 1.78 bits per heavy atom. The highest BCUT2D eigenvalue weighted by Gasteiger charge is 2.24. The summed E-state index contributed by atoms with van der Waals surface area (Å²) in [5, 5.41) is 10.5. The van der Waals surface area contributed by atoms with Gasteiger partial charge in [0.05, 0.1) is 22.5 Å². The predicted molar refractivity (Wildman–Crippen MR) is 85.0 cm³/mol. The average Bonchev–Trinajstić information content (AvgIpc) is 2.53. The molecule has 2 aromatic rings. The van der Waals surface area contributed by atoms with E-state index in [0.29, 0.717) is 23.8 Å². The van der Waals surface area contributed by atoms with Crippen LogP contribution in [-0.2, 0) is 0 Å². The van der Waals surface area contributed by atoms with Crippen molar-refractivity contribution < 1.29 is 13.2 Å². The van der Waals surface area contributed by atoms with Crippen molar-refractivity contribution in [1.82, 2.24) is 10.2 Å². The van der Waals surface area contributed by atoms with E-state index in [1.54, 1.807) is 6.92 Å². The lowest BCUT2D eigenvalue weighted by atomic mass is 10.0. The number of nitrogens with one attached hydrogen (secondary N) is 1. The Hall–Kier alpha value is -1.82. The van der Waals surface area contributed by atoms with Gasteiger partial charge in [0.25, 0.3) is 0 Å². The lowest BCUT2D eigenvalue weighted by molar-refractivity contribution is 0.499. The van der Waals surface area contributed by atoms with Gasteiger partial charge in [0.1, 0.15) is 5.82 Å². The van der Waals surface area contributed by atoms with Gasteiger partial charge in [0, 0.05) is 6.54 Å². The second kappa shape index (κ2) is 7.17. The number of anilines is 1. The first-order valence-electron chi connectivity index (χ1n) is 7.27. The Labute approximate surface area is 137 Å². The fourth-order valence-electron chi connectivity index (χ4n) is 2.12. The Balaban J connectivity index is 2.63. The smallest absolute Gasteiger partial charge is 0.169 e. The summed E-state index contributed by atoms with van der Waals surface area (Å²) in [6, 6.07) is 1.59. The van der Waals surface area contributed by atoms with Gasteiger partial charge in [-0.3, -0.25) is 0 Å². The molecule has 0 amide bonds. The van der Waals surface area contributed by atoms with E-state index in [2.05, 4.69) is 15.5 Å². The summed E-state index contributed by atoms with van der Waals surface area (Å²) in [5.41, 5.74) is 0.223. The van der Waals surface area contributed by atoms with Crippen molar-refractivity contribution in [3.63, 3.8) is 0 Å². The summed E-state index contributed by atoms with van der Waals surface area (Å²) < 4.78 is 41.8. The maximum atomic E-state index is 14.2. The van der Waals surface area contributed by atoms with Crippen LogP contribution in [0.3, 0.4) is 0 Å². The summed E-state index contributed by atoms with van der Waals surface area (Å²) in [7, 11) is 0. The first kappa shape index (κ1) is 17.5. The summed E-state index contributed by atoms with van der Waals surface area (Å²) in [6.45, 7) is 6.26. The van der Waals surface area contributed by atoms with E-state index in [1.165, 1.54) is 0 Å². The monoisotopic (exact) mass is 343 g/mol. The van der Waals surface area contributed by atoms with Crippen LogP contribution in [0.1, 0.15) is 26.0 Å². The first-order valence-corrected chi connectivity index (χ1v) is 7.65. The van der Waals surface area contributed by atoms with Gasteiger partial charge >= 0.3 is 0 Å². The van der Waals surface area contributed by atoms with Gasteiger partial charge in [-0.1, -0.05) is 31.9 Å². The highest BCUT2D eigenvalue weighted by Crippen LogP contribution is 2.38. The van der Waals surface area contributed by atoms with Gasteiger partial charge in [-0.15, -0.1) is 5.10 Å². The van der Waals surface area contributed by atoms with E-state index in [-0.39, 0.29) is 10.7 Å². The van der Waals surface area contributed by atoms with Crippen LogP contribution in [0, 0.1) is 30.3 Å². The van der Waals surface area contributed by atoms with Crippen LogP contribution >= 0.6 is 11.6 Å². The molecule has 1 aromatic carbocycles. The second-order valence-corrected chi connectivity index (χ2v) is 5.80. The van der Waals surface area contributed by atoms with Crippen molar-refractivity contribution in [1.29, 1.82) is 0 Å². The van der Waals surface area contributed by atoms with Crippen LogP contribution < -0.4 is 5.32 Å². The summed E-state index contributed by atoms with van der Waals surface area (Å²) in [4.78, 5) is 0. The van der Waals surface area contributed by atoms with E-state index < -0.39 is 23.0 Å². The first-order chi connectivity index (χ1) is 10.9. The number of hydrogen-bond acceptors (Lipinski definition) is 3. The molecule has 0 spiro atoms. The van der Waals surface area contributed by atoms with E-state index in [0.717, 1.165) is 18.6 Å². The Bertz CT molecular complexity index is 722. The molecule has 23 heavy (non-hydrogen) atoms. The number of aryl methyl sites for hydroxylation is 1. The molecular formula is C16H17ClF3N3. The van der Waals surface area contributed by atoms with Crippen LogP contribution in [-0.4, -0.2) is 16.7 Å². The van der Waals surface area contributed by atoms with Crippen LogP contribution in [0.25, 0.3) is 11.1 Å². The van der Waals surface area contributed by atoms with Gasteiger partial charge in [0.15, 0.2) is 16.8 Å². The Kier molecular flexibility index (Phi) is 5.46. The molecule has 1 N–H and O–H groups in total. The van der Waals surface area contributed by atoms with Crippen molar-refractivity contribution in [2.45, 2.75) is 27.2 Å². The Morgan fingerprint density at radius 1 is 1.13 bits per heavy atom. The molecule has 7 heteroatoms. The van der Waals surface area contributed by atoms with Crippen molar-refractivity contribution in [3.05, 3.63) is 40.4 Å². The molecular weight excluding hydrogens is 327 g/mol. The molecule has 1 aromatic heterocycles. The zero-order valence-electron chi connectivity index (χ0n) is 13.1. The molecule has 0 aliphatic rings. The highest BCUT2D eigenvalue weighted by molar-refractivity contribution is 6.32. The molecule has 124 valence electrons. The lowest BCUT2D eigenvalue weighted by Gasteiger charge is -2.18. The van der Waals surface area contributed by atoms with Crippen LogP contribution in [0.5, 0.6) is 0 Å². The topological polar surface area (TPSA) is 37.8 Å². The van der Waals surface area contributed by atoms with E-state index in [1.807, 2.05) is 13.8 Å². The molecule has 0 saturated carbocycles. The number of benzene rings is 1. The molecule has 0 aliphatic carbocycles. The van der Waals surface area contributed by atoms with Gasteiger partial charge in [-0.2, -0.15) is 5.10 Å². The largest absolute Gasteiger partial charge is 0.383 e. The zero-order chi connectivity index (χ0) is 17.1. The minimum Gasteiger partial charge on any atom is -0.383 e. The standard InChI is InChI=1S/C16H17ClF3N3/c1-4-8(2)7-21-15-9(3)22-23-16(17)13(15)12-10(18)5-6-11(19)14(12)20/h5-6,8H,4,7H2,1-3H3,(H,21,23). The number of nitrogens with zero attached hydrogens (tertiary/aromatic N) is 2. The van der Waals surface area contributed by atoms with Gasteiger partial charge in [-0.25, -0.2) is 13.2 Å². The van der Waals surface area contributed by atoms with E-state index >= 15 is 0 Å². The molecule has 0 aliphatic heterocycles. The van der Waals surface area contributed by atoms with Crippen LogP contribution in [0.4, 0.5) is 18.9 Å². The number of halogens is 4. The van der Waals surface area contributed by atoms with Gasteiger partial charge in [-0.05, 0) is 25.0 Å². The van der Waals surface area contributed by atoms with E-state index in [9.17, 15) is 13.2 Å². The molecule has 2 rings (SSSR count).